The lowest BCUT2D eigenvalue weighted by atomic mass is 9.86. The van der Waals surface area contributed by atoms with Gasteiger partial charge in [-0.25, -0.2) is 0 Å². The van der Waals surface area contributed by atoms with Gasteiger partial charge in [0.05, 0.1) is 0 Å². The van der Waals surface area contributed by atoms with Crippen molar-refractivity contribution in [3.63, 3.8) is 0 Å². The van der Waals surface area contributed by atoms with E-state index in [9.17, 15) is 4.79 Å². The van der Waals surface area contributed by atoms with Crippen molar-refractivity contribution in [3.8, 4) is 0 Å². The number of nitrogens with two attached hydrogens (primary N) is 1. The standard InChI is InChI=1S/C15H32N2O/c1-11(9-8-10-12(2)16)14(18)17(7)13(3)15(4,5)6/h11-13H,8-10,16H2,1-7H3. The van der Waals surface area contributed by atoms with Crippen LogP contribution in [0.4, 0.5) is 0 Å². The van der Waals surface area contributed by atoms with Crippen molar-refractivity contribution in [2.24, 2.45) is 17.1 Å². The van der Waals surface area contributed by atoms with Gasteiger partial charge in [-0.15, -0.1) is 0 Å². The van der Waals surface area contributed by atoms with Crippen LogP contribution in [0.25, 0.3) is 0 Å². The highest BCUT2D eigenvalue weighted by Gasteiger charge is 2.28. The zero-order valence-electron chi connectivity index (χ0n) is 13.3. The maximum absolute atomic E-state index is 12.3. The van der Waals surface area contributed by atoms with Crippen LogP contribution in [0.3, 0.4) is 0 Å². The molecule has 3 atom stereocenters. The van der Waals surface area contributed by atoms with Crippen molar-refractivity contribution < 1.29 is 4.79 Å². The number of hydrogen-bond donors (Lipinski definition) is 1. The molecule has 0 saturated heterocycles. The summed E-state index contributed by atoms with van der Waals surface area (Å²) in [5, 5.41) is 0. The maximum Gasteiger partial charge on any atom is 0.225 e. The van der Waals surface area contributed by atoms with Gasteiger partial charge in [0.1, 0.15) is 0 Å². The second-order valence-electron chi connectivity index (χ2n) is 6.80. The van der Waals surface area contributed by atoms with Crippen LogP contribution < -0.4 is 5.73 Å². The van der Waals surface area contributed by atoms with E-state index in [0.29, 0.717) is 0 Å². The Hall–Kier alpha value is -0.570. The number of nitrogens with zero attached hydrogens (tertiary/aromatic N) is 1. The molecular weight excluding hydrogens is 224 g/mol. The minimum absolute atomic E-state index is 0.0959. The first-order chi connectivity index (χ1) is 8.07. The number of amides is 1. The molecule has 0 aromatic heterocycles. The van der Waals surface area contributed by atoms with Crippen LogP contribution >= 0.6 is 0 Å². The SMILES string of the molecule is CC(N)CCCC(C)C(=O)N(C)C(C)C(C)(C)C. The first kappa shape index (κ1) is 17.4. The summed E-state index contributed by atoms with van der Waals surface area (Å²) in [6, 6.07) is 0.486. The summed E-state index contributed by atoms with van der Waals surface area (Å²) in [6.07, 6.45) is 2.96. The van der Waals surface area contributed by atoms with Gasteiger partial charge >= 0.3 is 0 Å². The summed E-state index contributed by atoms with van der Waals surface area (Å²) in [4.78, 5) is 14.2. The third-order valence-electron chi connectivity index (χ3n) is 3.90. The van der Waals surface area contributed by atoms with Gasteiger partial charge in [0, 0.05) is 25.0 Å². The van der Waals surface area contributed by atoms with Gasteiger partial charge in [0.15, 0.2) is 0 Å². The number of carbonyl (C=O) groups is 1. The molecule has 108 valence electrons. The fraction of sp³-hybridized carbons (Fsp3) is 0.933. The third-order valence-corrected chi connectivity index (χ3v) is 3.90. The van der Waals surface area contributed by atoms with Gasteiger partial charge < -0.3 is 10.6 Å². The van der Waals surface area contributed by atoms with Gasteiger partial charge in [0.2, 0.25) is 5.91 Å². The highest BCUT2D eigenvalue weighted by atomic mass is 16.2. The smallest absolute Gasteiger partial charge is 0.225 e. The van der Waals surface area contributed by atoms with Crippen LogP contribution in [0.1, 0.15) is 60.8 Å². The van der Waals surface area contributed by atoms with Gasteiger partial charge in [-0.1, -0.05) is 34.1 Å². The second-order valence-corrected chi connectivity index (χ2v) is 6.80. The first-order valence-corrected chi connectivity index (χ1v) is 7.09. The fourth-order valence-electron chi connectivity index (χ4n) is 1.99. The molecule has 0 heterocycles. The predicted octanol–water partition coefficient (Wildman–Crippen LogP) is 3.03. The zero-order valence-corrected chi connectivity index (χ0v) is 13.3. The number of carbonyl (C=O) groups excluding carboxylic acids is 1. The summed E-state index contributed by atoms with van der Waals surface area (Å²) in [5.74, 6) is 0.348. The molecule has 0 aliphatic carbocycles. The Kier molecular flexibility index (Phi) is 6.90. The Labute approximate surface area is 113 Å². The van der Waals surface area contributed by atoms with E-state index in [0.717, 1.165) is 19.3 Å². The van der Waals surface area contributed by atoms with Crippen molar-refractivity contribution in [1.29, 1.82) is 0 Å². The van der Waals surface area contributed by atoms with Crippen molar-refractivity contribution in [3.05, 3.63) is 0 Å². The zero-order chi connectivity index (χ0) is 14.5. The molecule has 2 N–H and O–H groups in total. The topological polar surface area (TPSA) is 46.3 Å². The molecule has 0 aliphatic rings. The Morgan fingerprint density at radius 1 is 1.17 bits per heavy atom. The van der Waals surface area contributed by atoms with E-state index in [1.807, 2.05) is 25.8 Å². The number of rotatable bonds is 6. The molecule has 0 saturated carbocycles. The molecule has 3 heteroatoms. The monoisotopic (exact) mass is 256 g/mol. The lowest BCUT2D eigenvalue weighted by Gasteiger charge is -2.36. The fourth-order valence-corrected chi connectivity index (χ4v) is 1.99. The third kappa shape index (κ3) is 5.85. The van der Waals surface area contributed by atoms with Gasteiger partial charge in [-0.3, -0.25) is 4.79 Å². The maximum atomic E-state index is 12.3. The lowest BCUT2D eigenvalue weighted by molar-refractivity contribution is -0.137. The van der Waals surface area contributed by atoms with E-state index in [4.69, 9.17) is 5.73 Å². The van der Waals surface area contributed by atoms with Crippen molar-refractivity contribution >= 4 is 5.91 Å². The molecule has 0 spiro atoms. The van der Waals surface area contributed by atoms with E-state index in [-0.39, 0.29) is 29.3 Å². The highest BCUT2D eigenvalue weighted by molar-refractivity contribution is 5.78. The van der Waals surface area contributed by atoms with Crippen LogP contribution in [0.2, 0.25) is 0 Å². The Balaban J connectivity index is 4.29. The molecular formula is C15H32N2O. The van der Waals surface area contributed by atoms with E-state index < -0.39 is 0 Å². The van der Waals surface area contributed by atoms with Crippen LogP contribution in [0, 0.1) is 11.3 Å². The minimum atomic E-state index is 0.0959. The average Bonchev–Trinajstić information content (AvgIpc) is 2.24. The second kappa shape index (κ2) is 7.13. The molecule has 0 rings (SSSR count). The summed E-state index contributed by atoms with van der Waals surface area (Å²) in [7, 11) is 1.92. The summed E-state index contributed by atoms with van der Waals surface area (Å²) >= 11 is 0. The highest BCUT2D eigenvalue weighted by Crippen LogP contribution is 2.24. The molecule has 0 aromatic carbocycles. The molecule has 0 aromatic rings. The molecule has 0 bridgehead atoms. The largest absolute Gasteiger partial charge is 0.342 e. The van der Waals surface area contributed by atoms with Gasteiger partial charge in [-0.05, 0) is 32.1 Å². The van der Waals surface area contributed by atoms with E-state index >= 15 is 0 Å². The van der Waals surface area contributed by atoms with Gasteiger partial charge in [0.25, 0.3) is 0 Å². The molecule has 18 heavy (non-hydrogen) atoms. The summed E-state index contributed by atoms with van der Waals surface area (Å²) in [6.45, 7) is 12.7. The average molecular weight is 256 g/mol. The van der Waals surface area contributed by atoms with Crippen molar-refractivity contribution in [2.75, 3.05) is 7.05 Å². The quantitative estimate of drug-likeness (QED) is 0.794. The lowest BCUT2D eigenvalue weighted by Crippen LogP contribution is -2.45. The minimum Gasteiger partial charge on any atom is -0.342 e. The summed E-state index contributed by atoms with van der Waals surface area (Å²) < 4.78 is 0. The molecule has 3 nitrogen and oxygen atoms in total. The van der Waals surface area contributed by atoms with Crippen molar-refractivity contribution in [2.45, 2.75) is 72.9 Å². The van der Waals surface area contributed by atoms with Crippen LogP contribution in [-0.4, -0.2) is 29.9 Å². The van der Waals surface area contributed by atoms with Crippen LogP contribution in [-0.2, 0) is 4.79 Å². The van der Waals surface area contributed by atoms with E-state index in [1.165, 1.54) is 0 Å². The Morgan fingerprint density at radius 2 is 1.67 bits per heavy atom. The van der Waals surface area contributed by atoms with E-state index in [1.54, 1.807) is 0 Å². The summed E-state index contributed by atoms with van der Waals surface area (Å²) in [5.41, 5.74) is 5.85. The molecule has 3 unspecified atom stereocenters. The van der Waals surface area contributed by atoms with Gasteiger partial charge in [-0.2, -0.15) is 0 Å². The predicted molar refractivity (Wildman–Crippen MR) is 78.4 cm³/mol. The Morgan fingerprint density at radius 3 is 2.06 bits per heavy atom. The van der Waals surface area contributed by atoms with Crippen LogP contribution in [0.15, 0.2) is 0 Å². The molecule has 1 amide bonds. The van der Waals surface area contributed by atoms with E-state index in [2.05, 4.69) is 27.7 Å². The molecule has 0 radical (unpaired) electrons. The first-order valence-electron chi connectivity index (χ1n) is 7.09. The molecule has 0 aliphatic heterocycles. The Bertz CT molecular complexity index is 256. The number of hydrogen-bond acceptors (Lipinski definition) is 2. The van der Waals surface area contributed by atoms with Crippen molar-refractivity contribution in [1.82, 2.24) is 4.90 Å². The molecule has 0 fully saturated rings. The van der Waals surface area contributed by atoms with Crippen LogP contribution in [0.5, 0.6) is 0 Å². The normalized spacial score (nSPS) is 17.1.